The fourth-order valence-electron chi connectivity index (χ4n) is 2.56. The molecule has 0 spiro atoms. The molecule has 0 saturated carbocycles. The molecule has 1 aromatic carbocycles. The van der Waals surface area contributed by atoms with Crippen LogP contribution in [-0.2, 0) is 13.1 Å². The standard InChI is InChI=1S/C18H27N3/c1-6-21-16(9-10-20-21)12-19-18-8-7-15(13(2)3)11-17(18)14(4)5/h7-11,13-14,19H,6,12H2,1-5H3. The second-order valence-corrected chi connectivity index (χ2v) is 6.15. The van der Waals surface area contributed by atoms with Crippen LogP contribution >= 0.6 is 0 Å². The van der Waals surface area contributed by atoms with Gasteiger partial charge in [0.2, 0.25) is 0 Å². The molecule has 0 atom stereocenters. The Bertz CT molecular complexity index is 582. The van der Waals surface area contributed by atoms with Crippen molar-refractivity contribution >= 4 is 5.69 Å². The van der Waals surface area contributed by atoms with E-state index in [-0.39, 0.29) is 0 Å². The Kier molecular flexibility index (Phi) is 5.05. The Morgan fingerprint density at radius 3 is 2.48 bits per heavy atom. The van der Waals surface area contributed by atoms with Crippen LogP contribution in [0.2, 0.25) is 0 Å². The normalized spacial score (nSPS) is 11.4. The quantitative estimate of drug-likeness (QED) is 0.829. The molecule has 0 saturated heterocycles. The number of aryl methyl sites for hydroxylation is 1. The van der Waals surface area contributed by atoms with Gasteiger partial charge in [-0.05, 0) is 42.0 Å². The average Bonchev–Trinajstić information content (AvgIpc) is 2.92. The SMILES string of the molecule is CCn1nccc1CNc1ccc(C(C)C)cc1C(C)C. The van der Waals surface area contributed by atoms with E-state index in [0.717, 1.165) is 13.1 Å². The summed E-state index contributed by atoms with van der Waals surface area (Å²) < 4.78 is 2.03. The van der Waals surface area contributed by atoms with Gasteiger partial charge in [-0.1, -0.05) is 39.8 Å². The van der Waals surface area contributed by atoms with Crippen LogP contribution in [0, 0.1) is 0 Å². The minimum Gasteiger partial charge on any atom is -0.379 e. The average molecular weight is 285 g/mol. The Hall–Kier alpha value is -1.77. The van der Waals surface area contributed by atoms with E-state index >= 15 is 0 Å². The molecule has 0 aliphatic heterocycles. The Labute approximate surface area is 128 Å². The van der Waals surface area contributed by atoms with Crippen LogP contribution in [-0.4, -0.2) is 9.78 Å². The highest BCUT2D eigenvalue weighted by Crippen LogP contribution is 2.28. The number of nitrogens with zero attached hydrogens (tertiary/aromatic N) is 2. The number of rotatable bonds is 6. The highest BCUT2D eigenvalue weighted by atomic mass is 15.3. The molecule has 1 aromatic heterocycles. The van der Waals surface area contributed by atoms with Crippen molar-refractivity contribution in [3.8, 4) is 0 Å². The van der Waals surface area contributed by atoms with E-state index in [4.69, 9.17) is 0 Å². The molecule has 3 heteroatoms. The Morgan fingerprint density at radius 2 is 1.86 bits per heavy atom. The molecule has 3 nitrogen and oxygen atoms in total. The highest BCUT2D eigenvalue weighted by Gasteiger charge is 2.10. The molecular formula is C18H27N3. The third-order valence-electron chi connectivity index (χ3n) is 3.93. The van der Waals surface area contributed by atoms with Crippen molar-refractivity contribution in [1.82, 2.24) is 9.78 Å². The van der Waals surface area contributed by atoms with Crippen LogP contribution in [0.1, 0.15) is 63.3 Å². The number of hydrogen-bond acceptors (Lipinski definition) is 2. The van der Waals surface area contributed by atoms with Crippen molar-refractivity contribution in [1.29, 1.82) is 0 Å². The predicted octanol–water partition coefficient (Wildman–Crippen LogP) is 4.76. The summed E-state index contributed by atoms with van der Waals surface area (Å²) in [5.41, 5.74) is 5.25. The van der Waals surface area contributed by atoms with Crippen molar-refractivity contribution in [2.24, 2.45) is 0 Å². The van der Waals surface area contributed by atoms with Gasteiger partial charge in [-0.15, -0.1) is 0 Å². The van der Waals surface area contributed by atoms with Crippen molar-refractivity contribution < 1.29 is 0 Å². The molecule has 1 heterocycles. The maximum atomic E-state index is 4.32. The molecule has 0 unspecified atom stereocenters. The van der Waals surface area contributed by atoms with E-state index < -0.39 is 0 Å². The van der Waals surface area contributed by atoms with E-state index in [0.29, 0.717) is 11.8 Å². The second kappa shape index (κ2) is 6.79. The zero-order chi connectivity index (χ0) is 15.4. The second-order valence-electron chi connectivity index (χ2n) is 6.15. The third-order valence-corrected chi connectivity index (χ3v) is 3.93. The van der Waals surface area contributed by atoms with Gasteiger partial charge in [-0.25, -0.2) is 0 Å². The molecule has 0 bridgehead atoms. The Balaban J connectivity index is 2.19. The van der Waals surface area contributed by atoms with Gasteiger partial charge in [0, 0.05) is 18.4 Å². The van der Waals surface area contributed by atoms with Crippen LogP contribution in [0.4, 0.5) is 5.69 Å². The number of anilines is 1. The molecule has 21 heavy (non-hydrogen) atoms. The first kappa shape index (κ1) is 15.6. The maximum Gasteiger partial charge on any atom is 0.0575 e. The summed E-state index contributed by atoms with van der Waals surface area (Å²) in [4.78, 5) is 0. The molecule has 1 N–H and O–H groups in total. The fourth-order valence-corrected chi connectivity index (χ4v) is 2.56. The van der Waals surface area contributed by atoms with Gasteiger partial charge >= 0.3 is 0 Å². The summed E-state index contributed by atoms with van der Waals surface area (Å²) >= 11 is 0. The molecule has 2 aromatic rings. The van der Waals surface area contributed by atoms with E-state index in [2.05, 4.69) is 69.3 Å². The number of aromatic nitrogens is 2. The van der Waals surface area contributed by atoms with Crippen LogP contribution in [0.15, 0.2) is 30.5 Å². The number of hydrogen-bond donors (Lipinski definition) is 1. The van der Waals surface area contributed by atoms with Crippen molar-refractivity contribution in [2.45, 2.75) is 59.5 Å². The summed E-state index contributed by atoms with van der Waals surface area (Å²) in [5, 5.41) is 7.90. The lowest BCUT2D eigenvalue weighted by Crippen LogP contribution is -2.09. The predicted molar refractivity (Wildman–Crippen MR) is 89.8 cm³/mol. The smallest absolute Gasteiger partial charge is 0.0575 e. The number of nitrogens with one attached hydrogen (secondary N) is 1. The van der Waals surface area contributed by atoms with Gasteiger partial charge in [0.15, 0.2) is 0 Å². The fraction of sp³-hybridized carbons (Fsp3) is 0.500. The van der Waals surface area contributed by atoms with Gasteiger partial charge in [0.05, 0.1) is 12.2 Å². The van der Waals surface area contributed by atoms with Gasteiger partial charge in [-0.3, -0.25) is 4.68 Å². The minimum atomic E-state index is 0.516. The van der Waals surface area contributed by atoms with Crippen LogP contribution in [0.5, 0.6) is 0 Å². The molecule has 0 aliphatic carbocycles. The van der Waals surface area contributed by atoms with E-state index in [9.17, 15) is 0 Å². The van der Waals surface area contributed by atoms with E-state index in [1.165, 1.54) is 22.5 Å². The third kappa shape index (κ3) is 3.66. The first-order valence-corrected chi connectivity index (χ1v) is 7.91. The largest absolute Gasteiger partial charge is 0.379 e. The maximum absolute atomic E-state index is 4.32. The summed E-state index contributed by atoms with van der Waals surface area (Å²) in [6.45, 7) is 12.8. The number of benzene rings is 1. The first-order valence-electron chi connectivity index (χ1n) is 7.91. The highest BCUT2D eigenvalue weighted by molar-refractivity contribution is 5.54. The lowest BCUT2D eigenvalue weighted by molar-refractivity contribution is 0.627. The summed E-state index contributed by atoms with van der Waals surface area (Å²) in [6, 6.07) is 8.87. The lowest BCUT2D eigenvalue weighted by Gasteiger charge is -2.18. The van der Waals surface area contributed by atoms with Gasteiger partial charge in [0.25, 0.3) is 0 Å². The van der Waals surface area contributed by atoms with Crippen LogP contribution in [0.25, 0.3) is 0 Å². The molecule has 2 rings (SSSR count). The summed E-state index contributed by atoms with van der Waals surface area (Å²) in [6.07, 6.45) is 1.87. The zero-order valence-corrected chi connectivity index (χ0v) is 13.9. The molecule has 0 radical (unpaired) electrons. The van der Waals surface area contributed by atoms with E-state index in [1.807, 2.05) is 10.9 Å². The molecule has 0 aliphatic rings. The van der Waals surface area contributed by atoms with Crippen molar-refractivity contribution in [3.05, 3.63) is 47.3 Å². The summed E-state index contributed by atoms with van der Waals surface area (Å²) in [7, 11) is 0. The first-order chi connectivity index (χ1) is 10.0. The Morgan fingerprint density at radius 1 is 1.10 bits per heavy atom. The molecule has 0 fully saturated rings. The van der Waals surface area contributed by atoms with Crippen molar-refractivity contribution in [2.75, 3.05) is 5.32 Å². The summed E-state index contributed by atoms with van der Waals surface area (Å²) in [5.74, 6) is 1.08. The van der Waals surface area contributed by atoms with Crippen LogP contribution in [0.3, 0.4) is 0 Å². The van der Waals surface area contributed by atoms with E-state index in [1.54, 1.807) is 0 Å². The monoisotopic (exact) mass is 285 g/mol. The molecule has 0 amide bonds. The lowest BCUT2D eigenvalue weighted by atomic mass is 9.94. The van der Waals surface area contributed by atoms with Crippen molar-refractivity contribution in [3.63, 3.8) is 0 Å². The van der Waals surface area contributed by atoms with Gasteiger partial charge in [0.1, 0.15) is 0 Å². The molecular weight excluding hydrogens is 258 g/mol. The topological polar surface area (TPSA) is 29.9 Å². The van der Waals surface area contributed by atoms with Gasteiger partial charge in [-0.2, -0.15) is 5.10 Å². The van der Waals surface area contributed by atoms with Gasteiger partial charge < -0.3 is 5.32 Å². The zero-order valence-electron chi connectivity index (χ0n) is 13.9. The molecule has 114 valence electrons. The minimum absolute atomic E-state index is 0.516. The van der Waals surface area contributed by atoms with Crippen LogP contribution < -0.4 is 5.32 Å².